The summed E-state index contributed by atoms with van der Waals surface area (Å²) in [5, 5.41) is 21.2. The fraction of sp³-hybridized carbons (Fsp3) is 0.267. The highest BCUT2D eigenvalue weighted by atomic mass is 19.1. The van der Waals surface area contributed by atoms with E-state index in [-0.39, 0.29) is 17.1 Å². The van der Waals surface area contributed by atoms with E-state index in [9.17, 15) is 14.5 Å². The maximum Gasteiger partial charge on any atom is 0.295 e. The van der Waals surface area contributed by atoms with E-state index in [2.05, 4.69) is 25.7 Å². The summed E-state index contributed by atoms with van der Waals surface area (Å²) < 4.78 is 20.1. The molecule has 0 bridgehead atoms. The molecule has 2 heterocycles. The van der Waals surface area contributed by atoms with Crippen LogP contribution >= 0.6 is 0 Å². The van der Waals surface area contributed by atoms with Gasteiger partial charge in [0.15, 0.2) is 11.6 Å². The number of rotatable bonds is 7. The molecule has 11 heteroatoms. The van der Waals surface area contributed by atoms with Crippen LogP contribution in [0.5, 0.6) is 5.75 Å². The number of aromatic nitrogens is 4. The van der Waals surface area contributed by atoms with Gasteiger partial charge in [0.05, 0.1) is 18.1 Å². The Morgan fingerprint density at radius 1 is 1.31 bits per heavy atom. The highest BCUT2D eigenvalue weighted by molar-refractivity contribution is 5.64. The zero-order chi connectivity index (χ0) is 18.7. The number of aryl methyl sites for hydroxylation is 1. The molecule has 0 spiro atoms. The minimum absolute atomic E-state index is 0.0693. The summed E-state index contributed by atoms with van der Waals surface area (Å²) in [4.78, 5) is 18.7. The van der Waals surface area contributed by atoms with Crippen molar-refractivity contribution < 1.29 is 14.1 Å². The molecule has 0 saturated heterocycles. The summed E-state index contributed by atoms with van der Waals surface area (Å²) in [5.74, 6) is 0.307. The largest absolute Gasteiger partial charge is 0.494 e. The predicted octanol–water partition coefficient (Wildman–Crippen LogP) is 2.01. The number of benzene rings is 1. The molecule has 1 aromatic carbocycles. The van der Waals surface area contributed by atoms with Gasteiger partial charge in [-0.2, -0.15) is 14.6 Å². The lowest BCUT2D eigenvalue weighted by molar-refractivity contribution is -0.384. The van der Waals surface area contributed by atoms with Crippen molar-refractivity contribution in [3.63, 3.8) is 0 Å². The van der Waals surface area contributed by atoms with Crippen LogP contribution in [0.1, 0.15) is 5.69 Å². The second-order valence-corrected chi connectivity index (χ2v) is 5.37. The number of nitro groups is 1. The van der Waals surface area contributed by atoms with Crippen LogP contribution in [-0.2, 0) is 0 Å². The Kier molecular flexibility index (Phi) is 4.78. The number of hydrogen-bond acceptors (Lipinski definition) is 8. The normalized spacial score (nSPS) is 10.7. The molecule has 26 heavy (non-hydrogen) atoms. The van der Waals surface area contributed by atoms with Crippen molar-refractivity contribution in [2.24, 2.45) is 0 Å². The molecule has 0 radical (unpaired) electrons. The third-order valence-corrected chi connectivity index (χ3v) is 3.59. The Morgan fingerprint density at radius 3 is 2.81 bits per heavy atom. The SMILES string of the molecule is COc1cc(NCCNc2cc(C)nc3ncnn23)c([N+](=O)[O-])cc1F. The third-order valence-electron chi connectivity index (χ3n) is 3.59. The average molecular weight is 361 g/mol. The first-order chi connectivity index (χ1) is 12.5. The summed E-state index contributed by atoms with van der Waals surface area (Å²) in [6, 6.07) is 3.91. The van der Waals surface area contributed by atoms with Gasteiger partial charge in [-0.05, 0) is 6.92 Å². The molecule has 0 fully saturated rings. The van der Waals surface area contributed by atoms with Crippen molar-refractivity contribution in [2.45, 2.75) is 6.92 Å². The zero-order valence-electron chi connectivity index (χ0n) is 14.1. The van der Waals surface area contributed by atoms with Crippen molar-refractivity contribution in [3.8, 4) is 5.75 Å². The van der Waals surface area contributed by atoms with Crippen LogP contribution in [-0.4, -0.2) is 44.7 Å². The van der Waals surface area contributed by atoms with Crippen LogP contribution in [0.3, 0.4) is 0 Å². The lowest BCUT2D eigenvalue weighted by atomic mass is 10.2. The van der Waals surface area contributed by atoms with Crippen molar-refractivity contribution in [3.05, 3.63) is 46.2 Å². The van der Waals surface area contributed by atoms with Gasteiger partial charge in [0.1, 0.15) is 17.8 Å². The zero-order valence-corrected chi connectivity index (χ0v) is 14.1. The number of nitro benzene ring substituents is 1. The quantitative estimate of drug-likeness (QED) is 0.373. The van der Waals surface area contributed by atoms with E-state index in [1.807, 2.05) is 13.0 Å². The minimum atomic E-state index is -0.788. The number of nitrogens with zero attached hydrogens (tertiary/aromatic N) is 5. The molecule has 2 N–H and O–H groups in total. The van der Waals surface area contributed by atoms with Gasteiger partial charge >= 0.3 is 0 Å². The van der Waals surface area contributed by atoms with Crippen molar-refractivity contribution in [1.29, 1.82) is 0 Å². The maximum atomic E-state index is 13.7. The molecule has 0 amide bonds. The molecule has 0 saturated carbocycles. The second-order valence-electron chi connectivity index (χ2n) is 5.37. The average Bonchev–Trinajstić information content (AvgIpc) is 3.07. The van der Waals surface area contributed by atoms with Crippen LogP contribution in [0.15, 0.2) is 24.5 Å². The Labute approximate surface area is 147 Å². The molecule has 2 aromatic heterocycles. The van der Waals surface area contributed by atoms with Gasteiger partial charge < -0.3 is 15.4 Å². The number of fused-ring (bicyclic) bond motifs is 1. The highest BCUT2D eigenvalue weighted by Crippen LogP contribution is 2.31. The molecule has 3 rings (SSSR count). The fourth-order valence-electron chi connectivity index (χ4n) is 2.44. The van der Waals surface area contributed by atoms with Crippen LogP contribution in [0.4, 0.5) is 21.6 Å². The Balaban J connectivity index is 1.70. The minimum Gasteiger partial charge on any atom is -0.494 e. The van der Waals surface area contributed by atoms with Gasteiger partial charge in [-0.1, -0.05) is 0 Å². The van der Waals surface area contributed by atoms with Crippen molar-refractivity contribution in [1.82, 2.24) is 19.6 Å². The van der Waals surface area contributed by atoms with Gasteiger partial charge in [-0.3, -0.25) is 10.1 Å². The molecule has 136 valence electrons. The van der Waals surface area contributed by atoms with Gasteiger partial charge in [0.25, 0.3) is 11.5 Å². The molecule has 10 nitrogen and oxygen atoms in total. The number of halogens is 1. The van der Waals surface area contributed by atoms with E-state index in [1.165, 1.54) is 19.5 Å². The predicted molar refractivity (Wildman–Crippen MR) is 92.1 cm³/mol. The monoisotopic (exact) mass is 361 g/mol. The first kappa shape index (κ1) is 17.3. The maximum absolute atomic E-state index is 13.7. The van der Waals surface area contributed by atoms with Crippen molar-refractivity contribution >= 4 is 23.0 Å². The molecule has 0 aliphatic heterocycles. The van der Waals surface area contributed by atoms with Crippen LogP contribution in [0.25, 0.3) is 5.78 Å². The molecule has 0 atom stereocenters. The van der Waals surface area contributed by atoms with E-state index in [1.54, 1.807) is 4.52 Å². The Hall–Kier alpha value is -3.50. The lowest BCUT2D eigenvalue weighted by Crippen LogP contribution is -2.16. The van der Waals surface area contributed by atoms with Crippen LogP contribution in [0.2, 0.25) is 0 Å². The Bertz CT molecular complexity index is 960. The van der Waals surface area contributed by atoms with Crippen LogP contribution < -0.4 is 15.4 Å². The van der Waals surface area contributed by atoms with Crippen molar-refractivity contribution in [2.75, 3.05) is 30.8 Å². The second kappa shape index (κ2) is 7.17. The number of nitrogens with one attached hydrogen (secondary N) is 2. The van der Waals surface area contributed by atoms with E-state index in [0.29, 0.717) is 24.7 Å². The molecule has 0 aliphatic carbocycles. The highest BCUT2D eigenvalue weighted by Gasteiger charge is 2.18. The van der Waals surface area contributed by atoms with Gasteiger partial charge in [-0.25, -0.2) is 9.37 Å². The standard InChI is InChI=1S/C15H16FN7O3/c1-9-5-14(22-15(21-9)19-8-20-22)18-4-3-17-11-7-13(26-2)10(16)6-12(11)23(24)25/h5-8,17-18H,3-4H2,1-2H3. The number of hydrogen-bond donors (Lipinski definition) is 2. The van der Waals surface area contributed by atoms with E-state index in [0.717, 1.165) is 11.8 Å². The summed E-state index contributed by atoms with van der Waals surface area (Å²) in [6.07, 6.45) is 1.40. The van der Waals surface area contributed by atoms with E-state index >= 15 is 0 Å². The number of anilines is 2. The summed E-state index contributed by atoms with van der Waals surface area (Å²) >= 11 is 0. The summed E-state index contributed by atoms with van der Waals surface area (Å²) in [5.41, 5.74) is 0.591. The molecule has 3 aromatic rings. The summed E-state index contributed by atoms with van der Waals surface area (Å²) in [7, 11) is 1.30. The lowest BCUT2D eigenvalue weighted by Gasteiger charge is -2.11. The molecular weight excluding hydrogens is 345 g/mol. The topological polar surface area (TPSA) is 120 Å². The third kappa shape index (κ3) is 3.45. The Morgan fingerprint density at radius 2 is 2.08 bits per heavy atom. The van der Waals surface area contributed by atoms with Gasteiger partial charge in [0, 0.05) is 30.9 Å². The molecule has 0 aliphatic rings. The molecular formula is C15H16FN7O3. The van der Waals surface area contributed by atoms with Gasteiger partial charge in [0.2, 0.25) is 0 Å². The van der Waals surface area contributed by atoms with Crippen LogP contribution in [0, 0.1) is 22.9 Å². The smallest absolute Gasteiger partial charge is 0.295 e. The van der Waals surface area contributed by atoms with E-state index in [4.69, 9.17) is 4.74 Å². The first-order valence-electron chi connectivity index (χ1n) is 7.66. The molecule has 0 unspecified atom stereocenters. The number of ether oxygens (including phenoxy) is 1. The number of methoxy groups -OCH3 is 1. The van der Waals surface area contributed by atoms with Gasteiger partial charge in [-0.15, -0.1) is 0 Å². The van der Waals surface area contributed by atoms with E-state index < -0.39 is 10.7 Å². The fourth-order valence-corrected chi connectivity index (χ4v) is 2.44. The summed E-state index contributed by atoms with van der Waals surface area (Å²) in [6.45, 7) is 2.61. The first-order valence-corrected chi connectivity index (χ1v) is 7.66.